The van der Waals surface area contributed by atoms with Gasteiger partial charge in [0, 0.05) is 36.6 Å². The Balaban J connectivity index is 1.38. The van der Waals surface area contributed by atoms with Crippen LogP contribution in [-0.2, 0) is 33.3 Å². The molecular formula is C48H83N3O11. The van der Waals surface area contributed by atoms with Crippen LogP contribution in [0.2, 0.25) is 0 Å². The number of carboxylic acids is 1. The number of aliphatic hydroxyl groups is 2. The first-order valence-electron chi connectivity index (χ1n) is 24.0. The van der Waals surface area contributed by atoms with Gasteiger partial charge in [-0.1, -0.05) is 61.5 Å². The zero-order chi connectivity index (χ0) is 45.9. The summed E-state index contributed by atoms with van der Waals surface area (Å²) in [5.41, 5.74) is -1.70. The van der Waals surface area contributed by atoms with Crippen molar-refractivity contribution in [3.63, 3.8) is 0 Å². The van der Waals surface area contributed by atoms with Crippen LogP contribution in [0.15, 0.2) is 12.2 Å². The monoisotopic (exact) mass is 878 g/mol. The number of carbonyl (C=O) groups is 3. The molecule has 0 aliphatic carbocycles. The van der Waals surface area contributed by atoms with Crippen LogP contribution in [0.4, 0.5) is 4.79 Å². The van der Waals surface area contributed by atoms with Crippen molar-refractivity contribution in [3.8, 4) is 0 Å². The number of carboxylic acid groups (broad SMARTS) is 1. The molecule has 0 unspecified atom stereocenters. The largest absolute Gasteiger partial charge is 0.481 e. The van der Waals surface area contributed by atoms with Gasteiger partial charge in [0.15, 0.2) is 11.6 Å². The second-order valence-corrected chi connectivity index (χ2v) is 20.5. The summed E-state index contributed by atoms with van der Waals surface area (Å²) >= 11 is 0. The minimum absolute atomic E-state index is 0.0170. The molecule has 4 fully saturated rings. The van der Waals surface area contributed by atoms with Crippen LogP contribution in [0.1, 0.15) is 140 Å². The van der Waals surface area contributed by atoms with Crippen molar-refractivity contribution in [3.05, 3.63) is 12.2 Å². The van der Waals surface area contributed by atoms with E-state index in [1.165, 1.54) is 0 Å². The van der Waals surface area contributed by atoms with Crippen LogP contribution in [0.5, 0.6) is 0 Å². The first-order valence-corrected chi connectivity index (χ1v) is 24.0. The number of aliphatic carboxylic acids is 1. The highest BCUT2D eigenvalue weighted by molar-refractivity contribution is 5.84. The molecule has 14 nitrogen and oxygen atoms in total. The number of rotatable bonds is 17. The average Bonchev–Trinajstić information content (AvgIpc) is 3.57. The molecule has 356 valence electrons. The van der Waals surface area contributed by atoms with E-state index in [4.69, 9.17) is 23.7 Å². The molecule has 4 saturated heterocycles. The molecule has 0 aromatic carbocycles. The van der Waals surface area contributed by atoms with Gasteiger partial charge in [-0.25, -0.2) is 4.79 Å². The minimum Gasteiger partial charge on any atom is -0.481 e. The fraction of sp³-hybridized carbons (Fsp3) is 0.896. The molecule has 0 aromatic heterocycles. The smallest absolute Gasteiger partial charge is 0.315 e. The van der Waals surface area contributed by atoms with E-state index in [0.717, 1.165) is 19.4 Å². The lowest BCUT2D eigenvalue weighted by Gasteiger charge is -2.55. The number of ether oxygens (including phenoxy) is 5. The van der Waals surface area contributed by atoms with E-state index in [9.17, 15) is 29.7 Å². The summed E-state index contributed by atoms with van der Waals surface area (Å²) in [6, 6.07) is -0.999. The number of aliphatic hydroxyl groups excluding tert-OH is 1. The molecule has 0 bridgehead atoms. The number of amides is 2. The summed E-state index contributed by atoms with van der Waals surface area (Å²) in [5.74, 6) is -5.97. The zero-order valence-electron chi connectivity index (χ0n) is 40.0. The Hall–Kier alpha value is -2.17. The molecule has 62 heavy (non-hydrogen) atoms. The normalized spacial score (nSPS) is 41.1. The van der Waals surface area contributed by atoms with Crippen molar-refractivity contribution in [1.29, 1.82) is 0 Å². The van der Waals surface area contributed by atoms with Crippen molar-refractivity contribution in [1.82, 2.24) is 15.5 Å². The maximum atomic E-state index is 14.7. The zero-order valence-corrected chi connectivity index (χ0v) is 40.0. The SMILES string of the molecule is CC[C@@H](C(=O)[C@@H](C)[C@@H](O)[C@H](C)[C@@H]1O[C@@H]([C@@H](CC)C(=O)O)CC[C@@H]1C)[C@H]1O[C@]2(C=C[C@@H](NC(=O)NCCCN(C)C)[C@]3(CC[C@@](C)([C@H]4CC[C@](O)(CC)[C@H](C)O4)O3)O2)[C@H](C)C[C@@H]1C. The van der Waals surface area contributed by atoms with E-state index in [0.29, 0.717) is 64.3 Å². The van der Waals surface area contributed by atoms with E-state index in [-0.39, 0.29) is 41.8 Å². The van der Waals surface area contributed by atoms with Crippen molar-refractivity contribution < 1.29 is 53.4 Å². The summed E-state index contributed by atoms with van der Waals surface area (Å²) in [6.07, 6.45) is 7.39. The number of hydrogen-bond donors (Lipinski definition) is 5. The van der Waals surface area contributed by atoms with E-state index < -0.39 is 82.9 Å². The predicted molar refractivity (Wildman–Crippen MR) is 236 cm³/mol. The Kier molecular flexibility index (Phi) is 16.9. The third kappa shape index (κ3) is 10.6. The predicted octanol–water partition coefficient (Wildman–Crippen LogP) is 6.45. The molecule has 5 aliphatic rings. The van der Waals surface area contributed by atoms with E-state index in [2.05, 4.69) is 36.3 Å². The second-order valence-electron chi connectivity index (χ2n) is 20.5. The van der Waals surface area contributed by atoms with Gasteiger partial charge in [0.2, 0.25) is 0 Å². The number of nitrogens with zero attached hydrogens (tertiary/aromatic N) is 1. The summed E-state index contributed by atoms with van der Waals surface area (Å²) in [4.78, 5) is 42.2. The van der Waals surface area contributed by atoms with Crippen LogP contribution in [0.25, 0.3) is 0 Å². The first-order chi connectivity index (χ1) is 29.1. The maximum absolute atomic E-state index is 14.7. The molecule has 14 heteroatoms. The number of carbonyl (C=O) groups excluding carboxylic acids is 2. The number of nitrogens with one attached hydrogen (secondary N) is 2. The minimum atomic E-state index is -1.33. The first kappa shape index (κ1) is 50.8. The van der Waals surface area contributed by atoms with Gasteiger partial charge in [0.1, 0.15) is 11.8 Å². The van der Waals surface area contributed by atoms with Gasteiger partial charge in [-0.05, 0) is 117 Å². The topological polar surface area (TPSA) is 185 Å². The molecule has 0 radical (unpaired) electrons. The van der Waals surface area contributed by atoms with Gasteiger partial charge in [0.05, 0.1) is 53.7 Å². The number of Topliss-reactive ketones (excluding diaryl/α,β-unsaturated/α-hetero) is 1. The van der Waals surface area contributed by atoms with Crippen molar-refractivity contribution in [2.24, 2.45) is 41.4 Å². The third-order valence-corrected chi connectivity index (χ3v) is 15.8. The Morgan fingerprint density at radius 1 is 0.903 bits per heavy atom. The van der Waals surface area contributed by atoms with Gasteiger partial charge in [-0.3, -0.25) is 9.59 Å². The molecule has 5 N–H and O–H groups in total. The Morgan fingerprint density at radius 2 is 1.60 bits per heavy atom. The molecule has 5 aliphatic heterocycles. The lowest BCUT2D eigenvalue weighted by Crippen LogP contribution is -2.66. The van der Waals surface area contributed by atoms with Crippen LogP contribution in [-0.4, -0.2) is 131 Å². The van der Waals surface area contributed by atoms with Gasteiger partial charge >= 0.3 is 12.0 Å². The number of hydrogen-bond acceptors (Lipinski definition) is 11. The molecule has 0 saturated carbocycles. The number of ketones is 1. The summed E-state index contributed by atoms with van der Waals surface area (Å²) in [5, 5.41) is 39.1. The molecule has 5 heterocycles. The van der Waals surface area contributed by atoms with Crippen molar-refractivity contribution >= 4 is 17.8 Å². The molecular weight excluding hydrogens is 795 g/mol. The molecule has 2 amide bonds. The van der Waals surface area contributed by atoms with Gasteiger partial charge in [0.25, 0.3) is 0 Å². The van der Waals surface area contributed by atoms with Gasteiger partial charge < -0.3 is 54.5 Å². The highest BCUT2D eigenvalue weighted by atomic mass is 16.8. The van der Waals surface area contributed by atoms with Crippen LogP contribution in [0.3, 0.4) is 0 Å². The Labute approximate surface area is 371 Å². The highest BCUT2D eigenvalue weighted by Gasteiger charge is 2.63. The van der Waals surface area contributed by atoms with Crippen LogP contribution >= 0.6 is 0 Å². The van der Waals surface area contributed by atoms with E-state index in [1.54, 1.807) is 6.92 Å². The van der Waals surface area contributed by atoms with E-state index >= 15 is 0 Å². The molecule has 18 atom stereocenters. The Bertz CT molecular complexity index is 1570. The standard InChI is InChI=1S/C48H83N3O11/c1-13-34(43(54)55)36-18-17-28(4)41(59-36)32(8)39(52)31(7)40(53)35(14-2)42-29(5)27-30(6)47(60-42)22-19-37(50-44(56)49-25-16-26-51(11)12)48(62-47)24-23-45(10,61-48)38-20-21-46(57,15-3)33(9)58-38/h19,22,28-39,41-42,52,57H,13-18,20-21,23-27H2,1-12H3,(H,54,55)(H2,49,50,56)/t28-,29-,30+,31-,32-,33-,34+,35-,36+,37+,38+,39+,41+,42-,45-,46+,47-,48-/m0/s1. The number of urea groups is 1. The average molecular weight is 878 g/mol. The highest BCUT2D eigenvalue weighted by Crippen LogP contribution is 2.54. The summed E-state index contributed by atoms with van der Waals surface area (Å²) < 4.78 is 34.6. The maximum Gasteiger partial charge on any atom is 0.315 e. The van der Waals surface area contributed by atoms with Crippen molar-refractivity contribution in [2.45, 2.75) is 205 Å². The molecule has 0 aromatic rings. The second kappa shape index (κ2) is 20.6. The van der Waals surface area contributed by atoms with Crippen LogP contribution < -0.4 is 10.6 Å². The quantitative estimate of drug-likeness (QED) is 0.0797. The van der Waals surface area contributed by atoms with Crippen LogP contribution in [0, 0.1) is 41.4 Å². The van der Waals surface area contributed by atoms with E-state index in [1.807, 2.05) is 67.8 Å². The van der Waals surface area contributed by atoms with Gasteiger partial charge in [-0.2, -0.15) is 0 Å². The lowest BCUT2D eigenvalue weighted by molar-refractivity contribution is -0.397. The molecule has 2 spiro atoms. The lowest BCUT2D eigenvalue weighted by atomic mass is 9.72. The third-order valence-electron chi connectivity index (χ3n) is 15.8. The Morgan fingerprint density at radius 3 is 2.21 bits per heavy atom. The molecule has 5 rings (SSSR count). The summed E-state index contributed by atoms with van der Waals surface area (Å²) in [7, 11) is 3.99. The van der Waals surface area contributed by atoms with Crippen molar-refractivity contribution in [2.75, 3.05) is 27.2 Å². The fourth-order valence-corrected chi connectivity index (χ4v) is 11.5. The van der Waals surface area contributed by atoms with Gasteiger partial charge in [-0.15, -0.1) is 0 Å². The summed E-state index contributed by atoms with van der Waals surface area (Å²) in [6.45, 7) is 21.0. The fourth-order valence-electron chi connectivity index (χ4n) is 11.5.